The molecule has 2 rings (SSSR count). The molecule has 16 heavy (non-hydrogen) atoms. The summed E-state index contributed by atoms with van der Waals surface area (Å²) in [5, 5.41) is 3.73. The highest BCUT2D eigenvalue weighted by Crippen LogP contribution is 2.30. The molecule has 1 aliphatic rings. The maximum absolute atomic E-state index is 3.73. The van der Waals surface area contributed by atoms with E-state index in [1.807, 2.05) is 6.20 Å². The lowest BCUT2D eigenvalue weighted by molar-refractivity contribution is 0.284. The van der Waals surface area contributed by atoms with E-state index < -0.39 is 0 Å². The second-order valence-corrected chi connectivity index (χ2v) is 5.20. The molecule has 90 valence electrons. The lowest BCUT2D eigenvalue weighted by atomic mass is 9.84. The van der Waals surface area contributed by atoms with Gasteiger partial charge in [-0.05, 0) is 38.3 Å². The molecule has 1 aromatic rings. The zero-order chi connectivity index (χ0) is 11.4. The quantitative estimate of drug-likeness (QED) is 0.799. The largest absolute Gasteiger partial charge is 0.365 e. The zero-order valence-corrected chi connectivity index (χ0v) is 10.5. The Kier molecular flexibility index (Phi) is 4.05. The van der Waals surface area contributed by atoms with Gasteiger partial charge in [0.05, 0.1) is 0 Å². The molecule has 2 N–H and O–H groups in total. The molecule has 1 aromatic heterocycles. The normalized spacial score (nSPS) is 30.5. The summed E-state index contributed by atoms with van der Waals surface area (Å²) in [7, 11) is 0. The lowest BCUT2D eigenvalue weighted by Crippen LogP contribution is -2.43. The standard InChI is InChI=1S/C14H24N2/c1-3-4-6-13-10-12(9-11(2)16-13)14-7-5-8-15-14/h5,7-8,11-13,15-16H,3-4,6,9-10H2,1-2H3. The van der Waals surface area contributed by atoms with Crippen LogP contribution in [-0.2, 0) is 0 Å². The molecule has 3 unspecified atom stereocenters. The number of hydrogen-bond donors (Lipinski definition) is 2. The van der Waals surface area contributed by atoms with Crippen molar-refractivity contribution in [1.29, 1.82) is 0 Å². The van der Waals surface area contributed by atoms with Gasteiger partial charge in [-0.2, -0.15) is 0 Å². The predicted molar refractivity (Wildman–Crippen MR) is 68.7 cm³/mol. The summed E-state index contributed by atoms with van der Waals surface area (Å²) in [6.07, 6.45) is 8.59. The number of nitrogens with one attached hydrogen (secondary N) is 2. The van der Waals surface area contributed by atoms with E-state index in [-0.39, 0.29) is 0 Å². The molecule has 1 saturated heterocycles. The van der Waals surface area contributed by atoms with Crippen LogP contribution in [0.2, 0.25) is 0 Å². The maximum atomic E-state index is 3.73. The molecule has 1 aliphatic heterocycles. The fourth-order valence-corrected chi connectivity index (χ4v) is 2.91. The fraction of sp³-hybridized carbons (Fsp3) is 0.714. The summed E-state index contributed by atoms with van der Waals surface area (Å²) in [6, 6.07) is 5.73. The van der Waals surface area contributed by atoms with Crippen molar-refractivity contribution in [1.82, 2.24) is 10.3 Å². The van der Waals surface area contributed by atoms with Crippen molar-refractivity contribution in [3.8, 4) is 0 Å². The monoisotopic (exact) mass is 220 g/mol. The minimum Gasteiger partial charge on any atom is -0.365 e. The van der Waals surface area contributed by atoms with Gasteiger partial charge in [-0.3, -0.25) is 0 Å². The van der Waals surface area contributed by atoms with Crippen molar-refractivity contribution < 1.29 is 0 Å². The molecule has 0 bridgehead atoms. The third-order valence-corrected chi connectivity index (χ3v) is 3.70. The summed E-state index contributed by atoms with van der Waals surface area (Å²) < 4.78 is 0. The van der Waals surface area contributed by atoms with Crippen LogP contribution in [0.5, 0.6) is 0 Å². The first-order valence-corrected chi connectivity index (χ1v) is 6.69. The second-order valence-electron chi connectivity index (χ2n) is 5.20. The smallest absolute Gasteiger partial charge is 0.0179 e. The predicted octanol–water partition coefficient (Wildman–Crippen LogP) is 3.43. The SMILES string of the molecule is CCCCC1CC(c2ccc[nH]2)CC(C)N1. The van der Waals surface area contributed by atoms with Crippen molar-refractivity contribution in [3.05, 3.63) is 24.0 Å². The first-order chi connectivity index (χ1) is 7.79. The average molecular weight is 220 g/mol. The molecule has 1 fully saturated rings. The minimum atomic E-state index is 0.656. The number of aromatic amines is 1. The summed E-state index contributed by atoms with van der Waals surface area (Å²) >= 11 is 0. The Labute approximate surface area is 98.8 Å². The summed E-state index contributed by atoms with van der Waals surface area (Å²) in [5.74, 6) is 0.730. The van der Waals surface area contributed by atoms with Crippen LogP contribution in [0, 0.1) is 0 Å². The van der Waals surface area contributed by atoms with Gasteiger partial charge < -0.3 is 10.3 Å². The highest BCUT2D eigenvalue weighted by atomic mass is 15.0. The van der Waals surface area contributed by atoms with E-state index in [2.05, 4.69) is 36.3 Å². The molecular weight excluding hydrogens is 196 g/mol. The Balaban J connectivity index is 1.94. The van der Waals surface area contributed by atoms with E-state index in [0.717, 1.165) is 12.0 Å². The minimum absolute atomic E-state index is 0.656. The molecule has 2 heterocycles. The van der Waals surface area contributed by atoms with Gasteiger partial charge in [-0.1, -0.05) is 19.8 Å². The van der Waals surface area contributed by atoms with Crippen molar-refractivity contribution in [3.63, 3.8) is 0 Å². The molecule has 2 heteroatoms. The van der Waals surface area contributed by atoms with Crippen LogP contribution in [0.3, 0.4) is 0 Å². The van der Waals surface area contributed by atoms with Crippen LogP contribution >= 0.6 is 0 Å². The Morgan fingerprint density at radius 2 is 2.25 bits per heavy atom. The van der Waals surface area contributed by atoms with Crippen LogP contribution in [0.4, 0.5) is 0 Å². The van der Waals surface area contributed by atoms with Gasteiger partial charge in [0.1, 0.15) is 0 Å². The number of piperidine rings is 1. The van der Waals surface area contributed by atoms with E-state index in [4.69, 9.17) is 0 Å². The van der Waals surface area contributed by atoms with E-state index in [9.17, 15) is 0 Å². The van der Waals surface area contributed by atoms with Crippen LogP contribution in [0.15, 0.2) is 18.3 Å². The molecule has 0 aliphatic carbocycles. The van der Waals surface area contributed by atoms with Gasteiger partial charge in [0.15, 0.2) is 0 Å². The van der Waals surface area contributed by atoms with Gasteiger partial charge in [-0.15, -0.1) is 0 Å². The third-order valence-electron chi connectivity index (χ3n) is 3.70. The van der Waals surface area contributed by atoms with Crippen LogP contribution < -0.4 is 5.32 Å². The molecular formula is C14H24N2. The topological polar surface area (TPSA) is 27.8 Å². The van der Waals surface area contributed by atoms with Gasteiger partial charge in [-0.25, -0.2) is 0 Å². The second kappa shape index (κ2) is 5.53. The average Bonchev–Trinajstić information content (AvgIpc) is 2.79. The van der Waals surface area contributed by atoms with Crippen LogP contribution in [-0.4, -0.2) is 17.1 Å². The number of H-pyrrole nitrogens is 1. The molecule has 0 saturated carbocycles. The van der Waals surface area contributed by atoms with Crippen LogP contribution in [0.1, 0.15) is 57.6 Å². The fourth-order valence-electron chi connectivity index (χ4n) is 2.91. The number of unbranched alkanes of at least 4 members (excludes halogenated alkanes) is 1. The lowest BCUT2D eigenvalue weighted by Gasteiger charge is -2.34. The van der Waals surface area contributed by atoms with Crippen molar-refractivity contribution in [2.45, 2.75) is 64.0 Å². The first kappa shape index (κ1) is 11.7. The number of hydrogen-bond acceptors (Lipinski definition) is 1. The molecule has 3 atom stereocenters. The summed E-state index contributed by atoms with van der Waals surface area (Å²) in [6.45, 7) is 4.59. The van der Waals surface area contributed by atoms with Crippen LogP contribution in [0.25, 0.3) is 0 Å². The summed E-state index contributed by atoms with van der Waals surface area (Å²) in [4.78, 5) is 3.38. The molecule has 0 radical (unpaired) electrons. The zero-order valence-electron chi connectivity index (χ0n) is 10.5. The highest BCUT2D eigenvalue weighted by molar-refractivity contribution is 5.12. The number of aromatic nitrogens is 1. The van der Waals surface area contributed by atoms with E-state index in [1.54, 1.807) is 0 Å². The molecule has 2 nitrogen and oxygen atoms in total. The molecule has 0 spiro atoms. The first-order valence-electron chi connectivity index (χ1n) is 6.69. The third kappa shape index (κ3) is 2.88. The molecule has 0 aromatic carbocycles. The van der Waals surface area contributed by atoms with Crippen molar-refractivity contribution in [2.75, 3.05) is 0 Å². The van der Waals surface area contributed by atoms with E-state index >= 15 is 0 Å². The van der Waals surface area contributed by atoms with Gasteiger partial charge in [0, 0.05) is 29.9 Å². The maximum Gasteiger partial charge on any atom is 0.0179 e. The van der Waals surface area contributed by atoms with E-state index in [0.29, 0.717) is 6.04 Å². The Hall–Kier alpha value is -0.760. The highest BCUT2D eigenvalue weighted by Gasteiger charge is 2.26. The summed E-state index contributed by atoms with van der Waals surface area (Å²) in [5.41, 5.74) is 1.43. The van der Waals surface area contributed by atoms with Gasteiger partial charge in [0.25, 0.3) is 0 Å². The Morgan fingerprint density at radius 1 is 1.38 bits per heavy atom. The van der Waals surface area contributed by atoms with Crippen molar-refractivity contribution >= 4 is 0 Å². The Bertz CT molecular complexity index is 292. The van der Waals surface area contributed by atoms with Crippen molar-refractivity contribution in [2.24, 2.45) is 0 Å². The molecule has 0 amide bonds. The van der Waals surface area contributed by atoms with Gasteiger partial charge >= 0.3 is 0 Å². The Morgan fingerprint density at radius 3 is 2.94 bits per heavy atom. The number of rotatable bonds is 4. The van der Waals surface area contributed by atoms with E-state index in [1.165, 1.54) is 37.8 Å². The van der Waals surface area contributed by atoms with Gasteiger partial charge in [0.2, 0.25) is 0 Å².